The summed E-state index contributed by atoms with van der Waals surface area (Å²) < 4.78 is 0. The third kappa shape index (κ3) is 2.20. The number of benzene rings is 2. The number of fused-ring (bicyclic) bond motifs is 1. The summed E-state index contributed by atoms with van der Waals surface area (Å²) in [5, 5.41) is 12.8. The first-order valence-electron chi connectivity index (χ1n) is 5.75. The van der Waals surface area contributed by atoms with E-state index >= 15 is 0 Å². The van der Waals surface area contributed by atoms with Gasteiger partial charge in [0.25, 0.3) is 5.91 Å². The molecule has 0 saturated carbocycles. The lowest BCUT2D eigenvalue weighted by Gasteiger charge is -2.00. The van der Waals surface area contributed by atoms with E-state index in [0.29, 0.717) is 10.6 Å². The van der Waals surface area contributed by atoms with Gasteiger partial charge in [0.1, 0.15) is 5.75 Å². The summed E-state index contributed by atoms with van der Waals surface area (Å²) in [7, 11) is 0. The molecule has 0 unspecified atom stereocenters. The van der Waals surface area contributed by atoms with Crippen LogP contribution < -0.4 is 5.32 Å². The number of nitrogens with one attached hydrogen (secondary N) is 1. The van der Waals surface area contributed by atoms with Crippen molar-refractivity contribution in [3.05, 3.63) is 58.6 Å². The Morgan fingerprint density at radius 3 is 2.79 bits per heavy atom. The van der Waals surface area contributed by atoms with E-state index in [1.54, 1.807) is 42.5 Å². The average molecular weight is 272 g/mol. The zero-order valence-corrected chi connectivity index (χ0v) is 10.6. The number of phenols is 1. The van der Waals surface area contributed by atoms with E-state index in [0.717, 1.165) is 16.8 Å². The van der Waals surface area contributed by atoms with Crippen molar-refractivity contribution < 1.29 is 9.90 Å². The SMILES string of the molecule is O=C1Nc2ccc(Cl)cc2/C1=C\c1cccc(O)c1. The van der Waals surface area contributed by atoms with Crippen LogP contribution in [0.2, 0.25) is 5.02 Å². The number of hydrogen-bond donors (Lipinski definition) is 2. The number of anilines is 1. The standard InChI is InChI=1S/C15H10ClNO2/c16-10-4-5-14-12(8-10)13(15(19)17-14)7-9-2-1-3-11(18)6-9/h1-8,18H,(H,17,19)/b13-7+. The van der Waals surface area contributed by atoms with Crippen molar-refractivity contribution in [1.82, 2.24) is 0 Å². The minimum absolute atomic E-state index is 0.166. The Morgan fingerprint density at radius 1 is 1.16 bits per heavy atom. The molecule has 0 aliphatic carbocycles. The normalized spacial score (nSPS) is 15.4. The van der Waals surface area contributed by atoms with Gasteiger partial charge in [-0.15, -0.1) is 0 Å². The van der Waals surface area contributed by atoms with Gasteiger partial charge in [-0.05, 0) is 42.0 Å². The number of rotatable bonds is 1. The lowest BCUT2D eigenvalue weighted by Crippen LogP contribution is -2.03. The third-order valence-electron chi connectivity index (χ3n) is 2.95. The molecule has 0 saturated heterocycles. The fourth-order valence-electron chi connectivity index (χ4n) is 2.08. The van der Waals surface area contributed by atoms with Crippen LogP contribution in [-0.4, -0.2) is 11.0 Å². The molecule has 1 aliphatic heterocycles. The molecule has 94 valence electrons. The van der Waals surface area contributed by atoms with Gasteiger partial charge in [-0.3, -0.25) is 4.79 Å². The highest BCUT2D eigenvalue weighted by Gasteiger charge is 2.24. The minimum atomic E-state index is -0.166. The number of hydrogen-bond acceptors (Lipinski definition) is 2. The molecule has 3 rings (SSSR count). The summed E-state index contributed by atoms with van der Waals surface area (Å²) >= 11 is 5.96. The number of amides is 1. The van der Waals surface area contributed by atoms with E-state index < -0.39 is 0 Å². The highest BCUT2D eigenvalue weighted by Crippen LogP contribution is 2.35. The van der Waals surface area contributed by atoms with Gasteiger partial charge in [-0.25, -0.2) is 0 Å². The summed E-state index contributed by atoms with van der Waals surface area (Å²) in [5.41, 5.74) is 2.84. The number of aromatic hydroxyl groups is 1. The molecule has 2 N–H and O–H groups in total. The Balaban J connectivity index is 2.11. The van der Waals surface area contributed by atoms with Gasteiger partial charge < -0.3 is 10.4 Å². The lowest BCUT2D eigenvalue weighted by molar-refractivity contribution is -0.110. The van der Waals surface area contributed by atoms with E-state index in [9.17, 15) is 9.90 Å². The molecular weight excluding hydrogens is 262 g/mol. The second-order valence-corrected chi connectivity index (χ2v) is 4.73. The number of carbonyl (C=O) groups excluding carboxylic acids is 1. The molecule has 0 spiro atoms. The van der Waals surface area contributed by atoms with Crippen LogP contribution in [0.4, 0.5) is 5.69 Å². The summed E-state index contributed by atoms with van der Waals surface area (Å²) in [5.74, 6) is -0.000294. The highest BCUT2D eigenvalue weighted by molar-refractivity contribution is 6.36. The molecule has 19 heavy (non-hydrogen) atoms. The predicted octanol–water partition coefficient (Wildman–Crippen LogP) is 3.54. The first-order valence-corrected chi connectivity index (χ1v) is 6.13. The predicted molar refractivity (Wildman–Crippen MR) is 76.1 cm³/mol. The van der Waals surface area contributed by atoms with Gasteiger partial charge >= 0.3 is 0 Å². The summed E-state index contributed by atoms with van der Waals surface area (Å²) in [6, 6.07) is 12.0. The average Bonchev–Trinajstić information content (AvgIpc) is 2.66. The van der Waals surface area contributed by atoms with Crippen molar-refractivity contribution >= 4 is 34.8 Å². The van der Waals surface area contributed by atoms with Crippen molar-refractivity contribution in [2.75, 3.05) is 5.32 Å². The van der Waals surface area contributed by atoms with Gasteiger partial charge in [0.2, 0.25) is 0 Å². The van der Waals surface area contributed by atoms with Gasteiger partial charge in [-0.2, -0.15) is 0 Å². The number of halogens is 1. The van der Waals surface area contributed by atoms with Gasteiger partial charge in [0.15, 0.2) is 0 Å². The molecule has 0 radical (unpaired) electrons. The number of carbonyl (C=O) groups is 1. The Kier molecular flexibility index (Phi) is 2.76. The van der Waals surface area contributed by atoms with Crippen LogP contribution in [0.15, 0.2) is 42.5 Å². The van der Waals surface area contributed by atoms with Gasteiger partial charge in [-0.1, -0.05) is 23.7 Å². The molecule has 3 nitrogen and oxygen atoms in total. The van der Waals surface area contributed by atoms with E-state index in [4.69, 9.17) is 11.6 Å². The van der Waals surface area contributed by atoms with Crippen molar-refractivity contribution in [1.29, 1.82) is 0 Å². The van der Waals surface area contributed by atoms with Gasteiger partial charge in [0.05, 0.1) is 0 Å². The molecule has 0 fully saturated rings. The molecule has 4 heteroatoms. The van der Waals surface area contributed by atoms with E-state index in [-0.39, 0.29) is 11.7 Å². The van der Waals surface area contributed by atoms with Gasteiger partial charge in [0, 0.05) is 21.8 Å². The Bertz CT molecular complexity index is 707. The fourth-order valence-corrected chi connectivity index (χ4v) is 2.26. The Hall–Kier alpha value is -2.26. The van der Waals surface area contributed by atoms with E-state index in [2.05, 4.69) is 5.32 Å². The first-order chi connectivity index (χ1) is 9.13. The second-order valence-electron chi connectivity index (χ2n) is 4.30. The van der Waals surface area contributed by atoms with Crippen molar-refractivity contribution in [3.63, 3.8) is 0 Å². The maximum absolute atomic E-state index is 11.9. The van der Waals surface area contributed by atoms with Crippen LogP contribution in [0.5, 0.6) is 5.75 Å². The van der Waals surface area contributed by atoms with E-state index in [1.165, 1.54) is 0 Å². The van der Waals surface area contributed by atoms with Crippen LogP contribution in [0, 0.1) is 0 Å². The monoisotopic (exact) mass is 271 g/mol. The Labute approximate surface area is 115 Å². The van der Waals surface area contributed by atoms with Crippen LogP contribution in [0.1, 0.15) is 11.1 Å². The van der Waals surface area contributed by atoms with Crippen LogP contribution in [-0.2, 0) is 4.79 Å². The molecule has 0 bridgehead atoms. The van der Waals surface area contributed by atoms with Crippen LogP contribution in [0.25, 0.3) is 11.6 Å². The second kappa shape index (κ2) is 4.44. The Morgan fingerprint density at radius 2 is 2.00 bits per heavy atom. The zero-order chi connectivity index (χ0) is 13.4. The largest absolute Gasteiger partial charge is 0.508 e. The van der Waals surface area contributed by atoms with Crippen molar-refractivity contribution in [3.8, 4) is 5.75 Å². The molecule has 1 amide bonds. The van der Waals surface area contributed by atoms with Crippen molar-refractivity contribution in [2.24, 2.45) is 0 Å². The first kappa shape index (κ1) is 11.8. The minimum Gasteiger partial charge on any atom is -0.508 e. The topological polar surface area (TPSA) is 49.3 Å². The maximum Gasteiger partial charge on any atom is 0.256 e. The zero-order valence-electron chi connectivity index (χ0n) is 9.85. The quantitative estimate of drug-likeness (QED) is 0.780. The third-order valence-corrected chi connectivity index (χ3v) is 3.18. The fraction of sp³-hybridized carbons (Fsp3) is 0. The molecule has 0 atom stereocenters. The summed E-state index contributed by atoms with van der Waals surface area (Å²) in [6.45, 7) is 0. The maximum atomic E-state index is 11.9. The van der Waals surface area contributed by atoms with Crippen molar-refractivity contribution in [2.45, 2.75) is 0 Å². The van der Waals surface area contributed by atoms with E-state index in [1.807, 2.05) is 6.07 Å². The molecule has 2 aromatic carbocycles. The smallest absolute Gasteiger partial charge is 0.256 e. The highest BCUT2D eigenvalue weighted by atomic mass is 35.5. The lowest BCUT2D eigenvalue weighted by atomic mass is 10.0. The molecule has 1 heterocycles. The van der Waals surface area contributed by atoms with Crippen LogP contribution >= 0.6 is 11.6 Å². The molecule has 1 aliphatic rings. The molecule has 2 aromatic rings. The van der Waals surface area contributed by atoms with Crippen LogP contribution in [0.3, 0.4) is 0 Å². The molecule has 0 aromatic heterocycles. The number of phenolic OH excluding ortho intramolecular Hbond substituents is 1. The molecular formula is C15H10ClNO2. The summed E-state index contributed by atoms with van der Waals surface area (Å²) in [6.07, 6.45) is 1.73. The summed E-state index contributed by atoms with van der Waals surface area (Å²) in [4.78, 5) is 11.9.